The van der Waals surface area contributed by atoms with Crippen LogP contribution >= 0.6 is 27.3 Å². The van der Waals surface area contributed by atoms with Crippen molar-refractivity contribution >= 4 is 27.3 Å². The van der Waals surface area contributed by atoms with Crippen molar-refractivity contribution in [2.24, 2.45) is 12.8 Å². The highest BCUT2D eigenvalue weighted by molar-refractivity contribution is 9.10. The third-order valence-electron chi connectivity index (χ3n) is 2.15. The van der Waals surface area contributed by atoms with E-state index in [0.29, 0.717) is 0 Å². The van der Waals surface area contributed by atoms with E-state index >= 15 is 0 Å². The van der Waals surface area contributed by atoms with Gasteiger partial charge >= 0.3 is 0 Å². The molecule has 74 valence electrons. The zero-order valence-corrected chi connectivity index (χ0v) is 10.0. The first-order valence-electron chi connectivity index (χ1n) is 4.13. The molecule has 0 aliphatic rings. The Morgan fingerprint density at radius 2 is 2.36 bits per heavy atom. The average Bonchev–Trinajstić information content (AvgIpc) is 2.73. The monoisotopic (exact) mass is 271 g/mol. The Balaban J connectivity index is 2.38. The van der Waals surface area contributed by atoms with Crippen molar-refractivity contribution in [1.82, 2.24) is 9.55 Å². The van der Waals surface area contributed by atoms with E-state index in [9.17, 15) is 0 Å². The van der Waals surface area contributed by atoms with E-state index in [2.05, 4.69) is 26.3 Å². The molecule has 0 aliphatic heterocycles. The van der Waals surface area contributed by atoms with Gasteiger partial charge in [-0.1, -0.05) is 0 Å². The lowest BCUT2D eigenvalue weighted by Gasteiger charge is -2.11. The molecule has 2 N–H and O–H groups in total. The van der Waals surface area contributed by atoms with E-state index in [1.54, 1.807) is 23.9 Å². The summed E-state index contributed by atoms with van der Waals surface area (Å²) in [6.45, 7) is 0. The fourth-order valence-electron chi connectivity index (χ4n) is 1.34. The van der Waals surface area contributed by atoms with Crippen molar-refractivity contribution in [3.63, 3.8) is 0 Å². The lowest BCUT2D eigenvalue weighted by atomic mass is 10.1. The molecule has 0 aliphatic carbocycles. The van der Waals surface area contributed by atoms with E-state index in [0.717, 1.165) is 15.7 Å². The van der Waals surface area contributed by atoms with E-state index in [4.69, 9.17) is 5.73 Å². The quantitative estimate of drug-likeness (QED) is 0.911. The van der Waals surface area contributed by atoms with Crippen LogP contribution in [0.5, 0.6) is 0 Å². The third kappa shape index (κ3) is 1.63. The van der Waals surface area contributed by atoms with Crippen LogP contribution in [0.4, 0.5) is 0 Å². The predicted octanol–water partition coefficient (Wildman–Crippen LogP) is 2.29. The molecule has 0 aromatic carbocycles. The van der Waals surface area contributed by atoms with E-state index in [1.165, 1.54) is 0 Å². The van der Waals surface area contributed by atoms with Crippen molar-refractivity contribution in [3.8, 4) is 0 Å². The molecule has 0 bridgehead atoms. The summed E-state index contributed by atoms with van der Waals surface area (Å²) in [6, 6.07) is -0.108. The Hall–Kier alpha value is -0.650. The Labute approximate surface area is 94.7 Å². The molecule has 0 saturated heterocycles. The molecule has 0 fully saturated rings. The maximum absolute atomic E-state index is 6.12. The van der Waals surface area contributed by atoms with Crippen LogP contribution in [0.1, 0.15) is 17.3 Å². The van der Waals surface area contributed by atoms with Gasteiger partial charge in [-0.3, -0.25) is 0 Å². The maximum atomic E-state index is 6.12. The molecule has 2 aromatic rings. The molecule has 14 heavy (non-hydrogen) atoms. The summed E-state index contributed by atoms with van der Waals surface area (Å²) in [5.74, 6) is 0. The second-order valence-corrected chi connectivity index (χ2v) is 4.68. The molecule has 2 heterocycles. The first-order chi connectivity index (χ1) is 6.70. The maximum Gasteiger partial charge on any atom is 0.0946 e. The van der Waals surface area contributed by atoms with Crippen LogP contribution in [-0.4, -0.2) is 9.55 Å². The molecule has 1 unspecified atom stereocenters. The molecular weight excluding hydrogens is 262 g/mol. The first kappa shape index (κ1) is 9.89. The SMILES string of the molecule is Cn1cncc1C(N)c1cscc1Br. The van der Waals surface area contributed by atoms with Gasteiger partial charge in [0.2, 0.25) is 0 Å². The molecular formula is C9H10BrN3S. The number of hydrogen-bond donors (Lipinski definition) is 1. The van der Waals surface area contributed by atoms with Gasteiger partial charge in [-0.15, -0.1) is 0 Å². The minimum Gasteiger partial charge on any atom is -0.336 e. The lowest BCUT2D eigenvalue weighted by Crippen LogP contribution is -2.14. The molecule has 0 saturated carbocycles. The number of nitrogens with zero attached hydrogens (tertiary/aromatic N) is 2. The highest BCUT2D eigenvalue weighted by Gasteiger charge is 2.15. The molecule has 0 amide bonds. The van der Waals surface area contributed by atoms with Crippen LogP contribution in [0, 0.1) is 0 Å². The number of aromatic nitrogens is 2. The van der Waals surface area contributed by atoms with Crippen molar-refractivity contribution in [1.29, 1.82) is 0 Å². The van der Waals surface area contributed by atoms with E-state index < -0.39 is 0 Å². The number of hydrogen-bond acceptors (Lipinski definition) is 3. The summed E-state index contributed by atoms with van der Waals surface area (Å²) in [4.78, 5) is 4.05. The average molecular weight is 272 g/mol. The van der Waals surface area contributed by atoms with Crippen LogP contribution in [0.25, 0.3) is 0 Å². The van der Waals surface area contributed by atoms with Crippen LogP contribution in [0.2, 0.25) is 0 Å². The molecule has 2 aromatic heterocycles. The molecule has 1 atom stereocenters. The zero-order chi connectivity index (χ0) is 10.1. The van der Waals surface area contributed by atoms with Gasteiger partial charge in [0.1, 0.15) is 0 Å². The number of nitrogens with two attached hydrogens (primary N) is 1. The Bertz CT molecular complexity index is 394. The normalized spacial score (nSPS) is 13.1. The summed E-state index contributed by atoms with van der Waals surface area (Å²) in [7, 11) is 1.95. The topological polar surface area (TPSA) is 43.8 Å². The second-order valence-electron chi connectivity index (χ2n) is 3.08. The van der Waals surface area contributed by atoms with Gasteiger partial charge in [-0.2, -0.15) is 11.3 Å². The second kappa shape index (κ2) is 3.84. The van der Waals surface area contributed by atoms with Crippen molar-refractivity contribution < 1.29 is 0 Å². The molecule has 0 spiro atoms. The number of rotatable bonds is 2. The highest BCUT2D eigenvalue weighted by Crippen LogP contribution is 2.29. The summed E-state index contributed by atoms with van der Waals surface area (Å²) in [5.41, 5.74) is 8.25. The first-order valence-corrected chi connectivity index (χ1v) is 5.87. The molecule has 3 nitrogen and oxygen atoms in total. The van der Waals surface area contributed by atoms with Crippen molar-refractivity contribution in [3.05, 3.63) is 39.0 Å². The van der Waals surface area contributed by atoms with Crippen molar-refractivity contribution in [2.75, 3.05) is 0 Å². The van der Waals surface area contributed by atoms with Gasteiger partial charge in [0.25, 0.3) is 0 Å². The summed E-state index contributed by atoms with van der Waals surface area (Å²) < 4.78 is 3.01. The molecule has 0 radical (unpaired) electrons. The molecule has 2 rings (SSSR count). The van der Waals surface area contributed by atoms with Crippen LogP contribution in [0.3, 0.4) is 0 Å². The number of thiophene rings is 1. The van der Waals surface area contributed by atoms with Crippen LogP contribution in [0.15, 0.2) is 27.8 Å². The smallest absolute Gasteiger partial charge is 0.0946 e. The number of halogens is 1. The van der Waals surface area contributed by atoms with Crippen LogP contribution < -0.4 is 5.73 Å². The van der Waals surface area contributed by atoms with Gasteiger partial charge in [-0.25, -0.2) is 4.98 Å². The van der Waals surface area contributed by atoms with Gasteiger partial charge in [0, 0.05) is 16.9 Å². The summed E-state index contributed by atoms with van der Waals surface area (Å²) in [6.07, 6.45) is 3.56. The van der Waals surface area contributed by atoms with E-state index in [1.807, 2.05) is 17.0 Å². The minimum absolute atomic E-state index is 0.108. The number of imidazole rings is 1. The lowest BCUT2D eigenvalue weighted by molar-refractivity contribution is 0.746. The third-order valence-corrected chi connectivity index (χ3v) is 3.90. The van der Waals surface area contributed by atoms with Crippen molar-refractivity contribution in [2.45, 2.75) is 6.04 Å². The fraction of sp³-hybridized carbons (Fsp3) is 0.222. The van der Waals surface area contributed by atoms with Gasteiger partial charge in [0.15, 0.2) is 0 Å². The number of aryl methyl sites for hydroxylation is 1. The minimum atomic E-state index is -0.108. The highest BCUT2D eigenvalue weighted by atomic mass is 79.9. The van der Waals surface area contributed by atoms with Crippen LogP contribution in [-0.2, 0) is 7.05 Å². The Morgan fingerprint density at radius 3 is 2.86 bits per heavy atom. The fourth-order valence-corrected chi connectivity index (χ4v) is 2.92. The summed E-state index contributed by atoms with van der Waals surface area (Å²) >= 11 is 5.12. The zero-order valence-electron chi connectivity index (χ0n) is 7.64. The summed E-state index contributed by atoms with van der Waals surface area (Å²) in [5, 5.41) is 4.09. The Morgan fingerprint density at radius 1 is 1.57 bits per heavy atom. The predicted molar refractivity (Wildman–Crippen MR) is 61.3 cm³/mol. The van der Waals surface area contributed by atoms with E-state index in [-0.39, 0.29) is 6.04 Å². The van der Waals surface area contributed by atoms with Gasteiger partial charge < -0.3 is 10.3 Å². The molecule has 5 heteroatoms. The largest absolute Gasteiger partial charge is 0.336 e. The van der Waals surface area contributed by atoms with Gasteiger partial charge in [-0.05, 0) is 26.9 Å². The standard InChI is InChI=1S/C9H10BrN3S/c1-13-5-12-2-8(13)9(11)6-3-14-4-7(6)10/h2-5,9H,11H2,1H3. The Kier molecular flexibility index (Phi) is 2.71. The van der Waals surface area contributed by atoms with Gasteiger partial charge in [0.05, 0.1) is 24.3 Å².